The Morgan fingerprint density at radius 1 is 1.42 bits per heavy atom. The first-order chi connectivity index (χ1) is 11.4. The summed E-state index contributed by atoms with van der Waals surface area (Å²) >= 11 is 1.31. The molecule has 2 rings (SSSR count). The van der Waals surface area contributed by atoms with Gasteiger partial charge in [-0.2, -0.15) is 0 Å². The Labute approximate surface area is 145 Å². The second-order valence-electron chi connectivity index (χ2n) is 5.14. The predicted octanol–water partition coefficient (Wildman–Crippen LogP) is 2.45. The van der Waals surface area contributed by atoms with Gasteiger partial charge in [-0.15, -0.1) is 17.9 Å². The molecule has 1 heterocycles. The van der Waals surface area contributed by atoms with Crippen molar-refractivity contribution in [3.63, 3.8) is 0 Å². The maximum atomic E-state index is 12.5. The van der Waals surface area contributed by atoms with E-state index < -0.39 is 15.1 Å². The standard InChI is InChI=1S/C16H19N3O3S2/c1-3-13(8-9-17)24(21,22)14-6-4-12(5-7-14)15-10-23-16(19-15)18-11(2)20/h3-7,10,13H,1,8-9,17H2,2H3,(H,18,19,20). The fraction of sp³-hybridized carbons (Fsp3) is 0.250. The van der Waals surface area contributed by atoms with Crippen molar-refractivity contribution in [1.29, 1.82) is 0 Å². The van der Waals surface area contributed by atoms with Crippen molar-refractivity contribution in [2.75, 3.05) is 11.9 Å². The van der Waals surface area contributed by atoms with Crippen molar-refractivity contribution >= 4 is 32.2 Å². The van der Waals surface area contributed by atoms with Gasteiger partial charge in [0.05, 0.1) is 15.8 Å². The number of hydrogen-bond acceptors (Lipinski definition) is 6. The molecule has 24 heavy (non-hydrogen) atoms. The lowest BCUT2D eigenvalue weighted by molar-refractivity contribution is -0.114. The zero-order valence-corrected chi connectivity index (χ0v) is 14.9. The van der Waals surface area contributed by atoms with Crippen LogP contribution >= 0.6 is 11.3 Å². The number of nitrogens with zero attached hydrogens (tertiary/aromatic N) is 1. The number of anilines is 1. The summed E-state index contributed by atoms with van der Waals surface area (Å²) in [6, 6.07) is 6.49. The van der Waals surface area contributed by atoms with Crippen molar-refractivity contribution in [1.82, 2.24) is 4.98 Å². The topological polar surface area (TPSA) is 102 Å². The van der Waals surface area contributed by atoms with Gasteiger partial charge in [0.25, 0.3) is 0 Å². The van der Waals surface area contributed by atoms with Gasteiger partial charge in [0.1, 0.15) is 0 Å². The number of rotatable bonds is 7. The Hall–Kier alpha value is -2.03. The first kappa shape index (κ1) is 18.3. The number of carbonyl (C=O) groups is 1. The van der Waals surface area contributed by atoms with Crippen LogP contribution in [0.5, 0.6) is 0 Å². The van der Waals surface area contributed by atoms with E-state index in [1.54, 1.807) is 29.6 Å². The Balaban J connectivity index is 2.25. The maximum absolute atomic E-state index is 12.5. The van der Waals surface area contributed by atoms with Crippen molar-refractivity contribution in [3.05, 3.63) is 42.3 Å². The van der Waals surface area contributed by atoms with Gasteiger partial charge in [0, 0.05) is 17.9 Å². The van der Waals surface area contributed by atoms with Crippen LogP contribution in [-0.2, 0) is 14.6 Å². The number of nitrogens with one attached hydrogen (secondary N) is 1. The highest BCUT2D eigenvalue weighted by molar-refractivity contribution is 7.92. The van der Waals surface area contributed by atoms with E-state index >= 15 is 0 Å². The van der Waals surface area contributed by atoms with Crippen LogP contribution in [0, 0.1) is 0 Å². The summed E-state index contributed by atoms with van der Waals surface area (Å²) in [5.74, 6) is -0.187. The van der Waals surface area contributed by atoms with Gasteiger partial charge in [-0.25, -0.2) is 13.4 Å². The molecule has 0 spiro atoms. The third kappa shape index (κ3) is 4.08. The summed E-state index contributed by atoms with van der Waals surface area (Å²) in [6.45, 7) is 5.28. The fourth-order valence-corrected chi connectivity index (χ4v) is 4.50. The second kappa shape index (κ2) is 7.69. The fourth-order valence-electron chi connectivity index (χ4n) is 2.17. The number of amides is 1. The number of aromatic nitrogens is 1. The lowest BCUT2D eigenvalue weighted by Crippen LogP contribution is -2.22. The lowest BCUT2D eigenvalue weighted by atomic mass is 10.2. The summed E-state index contributed by atoms with van der Waals surface area (Å²) in [7, 11) is -3.50. The van der Waals surface area contributed by atoms with Crippen molar-refractivity contribution in [2.24, 2.45) is 5.73 Å². The number of nitrogens with two attached hydrogens (primary N) is 1. The van der Waals surface area contributed by atoms with Crippen LogP contribution in [0.2, 0.25) is 0 Å². The monoisotopic (exact) mass is 365 g/mol. The quantitative estimate of drug-likeness (QED) is 0.734. The van der Waals surface area contributed by atoms with E-state index in [9.17, 15) is 13.2 Å². The van der Waals surface area contributed by atoms with Crippen LogP contribution in [0.3, 0.4) is 0 Å². The van der Waals surface area contributed by atoms with Gasteiger partial charge < -0.3 is 11.1 Å². The summed E-state index contributed by atoms with van der Waals surface area (Å²) in [5, 5.41) is 4.23. The summed E-state index contributed by atoms with van der Waals surface area (Å²) in [5.41, 5.74) is 6.92. The molecule has 1 atom stereocenters. The van der Waals surface area contributed by atoms with Crippen LogP contribution in [0.1, 0.15) is 13.3 Å². The van der Waals surface area contributed by atoms with Crippen molar-refractivity contribution in [2.45, 2.75) is 23.5 Å². The van der Waals surface area contributed by atoms with Crippen molar-refractivity contribution < 1.29 is 13.2 Å². The molecular formula is C16H19N3O3S2. The van der Waals surface area contributed by atoms with Gasteiger partial charge in [0.2, 0.25) is 5.91 Å². The van der Waals surface area contributed by atoms with Gasteiger partial charge in [-0.1, -0.05) is 18.2 Å². The van der Waals surface area contributed by atoms with Crippen LogP contribution in [0.4, 0.5) is 5.13 Å². The van der Waals surface area contributed by atoms with Gasteiger partial charge >= 0.3 is 0 Å². The van der Waals surface area contributed by atoms with Crippen LogP contribution < -0.4 is 11.1 Å². The molecule has 0 aliphatic heterocycles. The summed E-state index contributed by atoms with van der Waals surface area (Å²) < 4.78 is 25.1. The smallest absolute Gasteiger partial charge is 0.223 e. The largest absolute Gasteiger partial charge is 0.330 e. The van der Waals surface area contributed by atoms with Crippen LogP contribution in [-0.4, -0.2) is 31.1 Å². The number of benzene rings is 1. The average molecular weight is 365 g/mol. The SMILES string of the molecule is C=CC(CCN)S(=O)(=O)c1ccc(-c2csc(NC(C)=O)n2)cc1. The van der Waals surface area contributed by atoms with E-state index in [1.807, 2.05) is 0 Å². The first-order valence-electron chi connectivity index (χ1n) is 7.28. The molecule has 8 heteroatoms. The molecule has 1 amide bonds. The van der Waals surface area contributed by atoms with E-state index in [2.05, 4.69) is 16.9 Å². The Bertz CT molecular complexity index is 827. The maximum Gasteiger partial charge on any atom is 0.223 e. The Morgan fingerprint density at radius 2 is 2.08 bits per heavy atom. The third-order valence-corrected chi connectivity index (χ3v) is 6.29. The molecule has 0 saturated heterocycles. The summed E-state index contributed by atoms with van der Waals surface area (Å²) in [4.78, 5) is 15.6. The minimum atomic E-state index is -3.50. The predicted molar refractivity (Wildman–Crippen MR) is 96.7 cm³/mol. The number of thiazole rings is 1. The number of carbonyl (C=O) groups excluding carboxylic acids is 1. The van der Waals surface area contributed by atoms with E-state index in [4.69, 9.17) is 5.73 Å². The first-order valence-corrected chi connectivity index (χ1v) is 9.71. The second-order valence-corrected chi connectivity index (χ2v) is 8.17. The summed E-state index contributed by atoms with van der Waals surface area (Å²) in [6.07, 6.45) is 1.75. The van der Waals surface area contributed by atoms with Gasteiger partial charge in [-0.05, 0) is 25.1 Å². The Morgan fingerprint density at radius 3 is 2.62 bits per heavy atom. The highest BCUT2D eigenvalue weighted by atomic mass is 32.2. The Kier molecular flexibility index (Phi) is 5.87. The zero-order valence-electron chi connectivity index (χ0n) is 13.2. The zero-order chi connectivity index (χ0) is 17.7. The molecule has 3 N–H and O–H groups in total. The molecule has 0 bridgehead atoms. The van der Waals surface area contributed by atoms with E-state index in [1.165, 1.54) is 24.3 Å². The molecule has 1 aromatic carbocycles. The van der Waals surface area contributed by atoms with E-state index in [0.29, 0.717) is 17.2 Å². The molecule has 0 aliphatic carbocycles. The average Bonchev–Trinajstić information content (AvgIpc) is 3.00. The molecule has 6 nitrogen and oxygen atoms in total. The van der Waals surface area contributed by atoms with Crippen LogP contribution in [0.15, 0.2) is 47.2 Å². The molecule has 1 aromatic heterocycles. The van der Waals surface area contributed by atoms with E-state index in [0.717, 1.165) is 5.56 Å². The molecule has 0 saturated carbocycles. The highest BCUT2D eigenvalue weighted by Crippen LogP contribution is 2.27. The lowest BCUT2D eigenvalue weighted by Gasteiger charge is -2.13. The molecule has 2 aromatic rings. The molecule has 0 fully saturated rings. The van der Waals surface area contributed by atoms with Crippen LogP contribution in [0.25, 0.3) is 11.3 Å². The number of sulfone groups is 1. The third-order valence-electron chi connectivity index (χ3n) is 3.38. The minimum Gasteiger partial charge on any atom is -0.330 e. The molecule has 0 aliphatic rings. The minimum absolute atomic E-state index is 0.187. The van der Waals surface area contributed by atoms with E-state index in [-0.39, 0.29) is 17.3 Å². The molecule has 0 radical (unpaired) electrons. The molecule has 128 valence electrons. The highest BCUT2D eigenvalue weighted by Gasteiger charge is 2.24. The number of hydrogen-bond donors (Lipinski definition) is 2. The van der Waals surface area contributed by atoms with Gasteiger partial charge in [-0.3, -0.25) is 4.79 Å². The normalized spacial score (nSPS) is 12.6. The van der Waals surface area contributed by atoms with Gasteiger partial charge in [0.15, 0.2) is 15.0 Å². The van der Waals surface area contributed by atoms with Crippen molar-refractivity contribution in [3.8, 4) is 11.3 Å². The molecular weight excluding hydrogens is 346 g/mol. The molecule has 1 unspecified atom stereocenters.